The summed E-state index contributed by atoms with van der Waals surface area (Å²) in [5.41, 5.74) is 3.05. The van der Waals surface area contributed by atoms with Gasteiger partial charge in [0.2, 0.25) is 10.0 Å². The van der Waals surface area contributed by atoms with Crippen molar-refractivity contribution in [2.45, 2.75) is 20.0 Å². The van der Waals surface area contributed by atoms with Gasteiger partial charge in [-0.3, -0.25) is 9.52 Å². The van der Waals surface area contributed by atoms with Crippen molar-refractivity contribution in [2.24, 2.45) is 0 Å². The third-order valence-electron chi connectivity index (χ3n) is 5.03. The predicted molar refractivity (Wildman–Crippen MR) is 133 cm³/mol. The van der Waals surface area contributed by atoms with Crippen molar-refractivity contribution >= 4 is 27.3 Å². The van der Waals surface area contributed by atoms with Crippen LogP contribution in [0.2, 0.25) is 0 Å². The van der Waals surface area contributed by atoms with Crippen molar-refractivity contribution in [1.82, 2.24) is 0 Å². The molecule has 0 atom stereocenters. The van der Waals surface area contributed by atoms with Gasteiger partial charge in [-0.15, -0.1) is 0 Å². The highest BCUT2D eigenvalue weighted by atomic mass is 32.2. The molecule has 3 rings (SSSR count). The first-order valence-corrected chi connectivity index (χ1v) is 12.5. The van der Waals surface area contributed by atoms with E-state index in [1.165, 1.54) is 6.07 Å². The molecule has 0 aliphatic carbocycles. The Morgan fingerprint density at radius 1 is 0.912 bits per heavy atom. The van der Waals surface area contributed by atoms with Gasteiger partial charge in [-0.1, -0.05) is 19.1 Å². The van der Waals surface area contributed by atoms with E-state index in [9.17, 15) is 13.2 Å². The van der Waals surface area contributed by atoms with Crippen LogP contribution >= 0.6 is 0 Å². The molecule has 0 aromatic heterocycles. The zero-order valence-electron chi connectivity index (χ0n) is 19.5. The number of rotatable bonds is 10. The number of carbonyl (C=O) groups is 1. The summed E-state index contributed by atoms with van der Waals surface area (Å²) < 4.78 is 42.7. The average molecular weight is 485 g/mol. The first-order chi connectivity index (χ1) is 16.2. The number of methoxy groups -OCH3 is 2. The van der Waals surface area contributed by atoms with Gasteiger partial charge < -0.3 is 19.5 Å². The molecule has 0 saturated carbocycles. The fourth-order valence-electron chi connectivity index (χ4n) is 3.25. The molecule has 1 amide bonds. The summed E-state index contributed by atoms with van der Waals surface area (Å²) in [4.78, 5) is 12.7. The molecular formula is C25H28N2O6S. The van der Waals surface area contributed by atoms with Gasteiger partial charge in [0.15, 0.2) is 0 Å². The fourth-order valence-corrected chi connectivity index (χ4v) is 3.82. The maximum Gasteiger partial charge on any atom is 0.255 e. The lowest BCUT2D eigenvalue weighted by molar-refractivity contribution is 0.102. The second-order valence-corrected chi connectivity index (χ2v) is 9.30. The normalized spacial score (nSPS) is 10.9. The maximum atomic E-state index is 12.7. The summed E-state index contributed by atoms with van der Waals surface area (Å²) in [6, 6.07) is 17.3. The lowest BCUT2D eigenvalue weighted by Gasteiger charge is -2.16. The second-order valence-electron chi connectivity index (χ2n) is 7.56. The molecule has 3 aromatic rings. The molecule has 0 saturated heterocycles. The lowest BCUT2D eigenvalue weighted by atomic mass is 10.1. The molecule has 9 heteroatoms. The Bertz CT molecular complexity index is 1260. The van der Waals surface area contributed by atoms with Crippen LogP contribution in [-0.2, 0) is 23.1 Å². The number of amides is 1. The number of anilines is 2. The molecule has 180 valence electrons. The van der Waals surface area contributed by atoms with Crippen molar-refractivity contribution in [1.29, 1.82) is 0 Å². The van der Waals surface area contributed by atoms with Gasteiger partial charge in [-0.25, -0.2) is 8.42 Å². The number of benzene rings is 3. The number of nitrogens with one attached hydrogen (secondary N) is 2. The quantitative estimate of drug-likeness (QED) is 0.440. The fraction of sp³-hybridized carbons (Fsp3) is 0.240. The van der Waals surface area contributed by atoms with Crippen LogP contribution in [0, 0.1) is 0 Å². The van der Waals surface area contributed by atoms with Crippen molar-refractivity contribution in [3.8, 4) is 17.2 Å². The summed E-state index contributed by atoms with van der Waals surface area (Å²) in [6.07, 6.45) is 1.94. The number of carbonyl (C=O) groups excluding carboxylic acids is 1. The van der Waals surface area contributed by atoms with Gasteiger partial charge >= 0.3 is 0 Å². The summed E-state index contributed by atoms with van der Waals surface area (Å²) in [5, 5.41) is 2.82. The van der Waals surface area contributed by atoms with Gasteiger partial charge in [0.05, 0.1) is 26.2 Å². The van der Waals surface area contributed by atoms with E-state index >= 15 is 0 Å². The van der Waals surface area contributed by atoms with Gasteiger partial charge in [0.25, 0.3) is 5.91 Å². The monoisotopic (exact) mass is 484 g/mol. The van der Waals surface area contributed by atoms with E-state index in [-0.39, 0.29) is 24.0 Å². The van der Waals surface area contributed by atoms with E-state index in [1.807, 2.05) is 19.1 Å². The second kappa shape index (κ2) is 10.9. The lowest BCUT2D eigenvalue weighted by Crippen LogP contribution is -2.14. The standard InChI is InChI=1S/C25H28N2O6S/c1-5-17-6-8-18(9-7-17)25(28)26-20-10-12-22(27-34(4,29)30)24(15-20)33-16-19-14-21(31-2)11-13-23(19)32-3/h6-15,27H,5,16H2,1-4H3,(H,26,28). The SMILES string of the molecule is CCc1ccc(C(=O)Nc2ccc(NS(C)(=O)=O)c(OCc3cc(OC)ccc3OC)c2)cc1. The summed E-state index contributed by atoms with van der Waals surface area (Å²) in [6.45, 7) is 2.12. The highest BCUT2D eigenvalue weighted by molar-refractivity contribution is 7.92. The Morgan fingerprint density at radius 2 is 1.65 bits per heavy atom. The zero-order valence-corrected chi connectivity index (χ0v) is 20.4. The van der Waals surface area contributed by atoms with Crippen LogP contribution in [0.4, 0.5) is 11.4 Å². The number of hydrogen-bond donors (Lipinski definition) is 2. The number of aryl methyl sites for hydroxylation is 1. The van der Waals surface area contributed by atoms with Gasteiger partial charge in [-0.05, 0) is 54.4 Å². The molecular weight excluding hydrogens is 456 g/mol. The van der Waals surface area contributed by atoms with Crippen LogP contribution in [0.25, 0.3) is 0 Å². The molecule has 0 bridgehead atoms. The van der Waals surface area contributed by atoms with Crippen LogP contribution in [0.15, 0.2) is 60.7 Å². The molecule has 8 nitrogen and oxygen atoms in total. The Kier molecular flexibility index (Phi) is 8.01. The third kappa shape index (κ3) is 6.64. The first kappa shape index (κ1) is 24.9. The molecule has 2 N–H and O–H groups in total. The van der Waals surface area contributed by atoms with Crippen molar-refractivity contribution in [3.63, 3.8) is 0 Å². The molecule has 0 aliphatic heterocycles. The van der Waals surface area contributed by atoms with E-state index in [1.54, 1.807) is 56.7 Å². The largest absolute Gasteiger partial charge is 0.497 e. The van der Waals surface area contributed by atoms with Crippen LogP contribution in [0.1, 0.15) is 28.4 Å². The van der Waals surface area contributed by atoms with E-state index in [2.05, 4.69) is 10.0 Å². The van der Waals surface area contributed by atoms with E-state index in [4.69, 9.17) is 14.2 Å². The third-order valence-corrected chi connectivity index (χ3v) is 5.62. The number of sulfonamides is 1. The molecule has 0 spiro atoms. The highest BCUT2D eigenvalue weighted by Gasteiger charge is 2.14. The van der Waals surface area contributed by atoms with E-state index < -0.39 is 10.0 Å². The molecule has 0 fully saturated rings. The summed E-state index contributed by atoms with van der Waals surface area (Å²) in [7, 11) is -0.449. The zero-order chi connectivity index (χ0) is 24.7. The molecule has 0 aliphatic rings. The Morgan fingerprint density at radius 3 is 2.26 bits per heavy atom. The van der Waals surface area contributed by atoms with Gasteiger partial charge in [0, 0.05) is 22.9 Å². The van der Waals surface area contributed by atoms with Gasteiger partial charge in [-0.2, -0.15) is 0 Å². The predicted octanol–water partition coefficient (Wildman–Crippen LogP) is 4.47. The van der Waals surface area contributed by atoms with E-state index in [0.717, 1.165) is 18.2 Å². The molecule has 0 radical (unpaired) electrons. The minimum Gasteiger partial charge on any atom is -0.497 e. The molecule has 3 aromatic carbocycles. The minimum absolute atomic E-state index is 0.0781. The van der Waals surface area contributed by atoms with Crippen LogP contribution < -0.4 is 24.2 Å². The van der Waals surface area contributed by atoms with Gasteiger partial charge in [0.1, 0.15) is 23.9 Å². The number of ether oxygens (including phenoxy) is 3. The minimum atomic E-state index is -3.55. The summed E-state index contributed by atoms with van der Waals surface area (Å²) in [5.74, 6) is 1.18. The molecule has 0 unspecified atom stereocenters. The smallest absolute Gasteiger partial charge is 0.255 e. The van der Waals surface area contributed by atoms with Crippen LogP contribution in [0.5, 0.6) is 17.2 Å². The molecule has 0 heterocycles. The Balaban J connectivity index is 1.86. The average Bonchev–Trinajstić information content (AvgIpc) is 2.83. The summed E-state index contributed by atoms with van der Waals surface area (Å²) >= 11 is 0. The van der Waals surface area contributed by atoms with Crippen LogP contribution in [-0.4, -0.2) is 34.8 Å². The Labute approximate surface area is 199 Å². The topological polar surface area (TPSA) is 103 Å². The molecule has 34 heavy (non-hydrogen) atoms. The van der Waals surface area contributed by atoms with E-state index in [0.29, 0.717) is 28.3 Å². The van der Waals surface area contributed by atoms with Crippen molar-refractivity contribution in [3.05, 3.63) is 77.4 Å². The maximum absolute atomic E-state index is 12.7. The first-order valence-electron chi connectivity index (χ1n) is 10.6. The van der Waals surface area contributed by atoms with Crippen molar-refractivity contribution < 1.29 is 27.4 Å². The Hall–Kier alpha value is -3.72. The highest BCUT2D eigenvalue weighted by Crippen LogP contribution is 2.32. The number of hydrogen-bond acceptors (Lipinski definition) is 6. The van der Waals surface area contributed by atoms with Crippen LogP contribution in [0.3, 0.4) is 0 Å². The van der Waals surface area contributed by atoms with Crippen molar-refractivity contribution in [2.75, 3.05) is 30.5 Å².